The summed E-state index contributed by atoms with van der Waals surface area (Å²) in [6.07, 6.45) is -2.72. The molecule has 0 saturated heterocycles. The quantitative estimate of drug-likeness (QED) is 0.477. The monoisotopic (exact) mass is 303 g/mol. The van der Waals surface area contributed by atoms with Crippen molar-refractivity contribution in [1.82, 2.24) is 0 Å². The zero-order chi connectivity index (χ0) is 10.6. The number of rotatable bonds is 5. The second-order valence-electron chi connectivity index (χ2n) is 2.42. The van der Waals surface area contributed by atoms with Crippen LogP contribution in [-0.4, -0.2) is 79.0 Å². The first kappa shape index (κ1) is 43.0. The van der Waals surface area contributed by atoms with Crippen LogP contribution in [0.15, 0.2) is 0 Å². The number of aliphatic carboxylic acids is 3. The van der Waals surface area contributed by atoms with Gasteiger partial charge in [0.1, 0.15) is 5.60 Å². The number of aliphatic hydroxyl groups is 1. The van der Waals surface area contributed by atoms with Crippen molar-refractivity contribution in [2.75, 3.05) is 0 Å². The standard InChI is InChI=1S/C6H8O7.Mg.5H2O/c7-3(8)1-6(13,5(11)12)2-4(9)10;;;;;;/h13H,1-2H2,(H,7,8)(H,9,10)(H,11,12);;5*1H2/q;+2;;;;;/p-3. The topological polar surface area (TPSA) is 298 Å². The van der Waals surface area contributed by atoms with E-state index in [4.69, 9.17) is 5.11 Å². The molecule has 0 unspecified atom stereocenters. The first-order chi connectivity index (χ1) is 5.78. The van der Waals surface area contributed by atoms with Gasteiger partial charge >= 0.3 is 23.1 Å². The van der Waals surface area contributed by atoms with Crippen molar-refractivity contribution >= 4 is 41.0 Å². The van der Waals surface area contributed by atoms with Gasteiger partial charge in [0.15, 0.2) is 0 Å². The molecule has 0 fully saturated rings. The molecule has 0 spiro atoms. The smallest absolute Gasteiger partial charge is 0.550 e. The Bertz CT molecular complexity index is 237. The second-order valence-corrected chi connectivity index (χ2v) is 2.42. The molecule has 114 valence electrons. The van der Waals surface area contributed by atoms with E-state index in [0.717, 1.165) is 0 Å². The SMILES string of the molecule is O.O.O.O.O.O=C([O-])CC(O)(CC(=O)[O-])C(=O)[O-].[Mg+2]. The van der Waals surface area contributed by atoms with Crippen molar-refractivity contribution in [3.8, 4) is 0 Å². The summed E-state index contributed by atoms with van der Waals surface area (Å²) in [7, 11) is 0. The van der Waals surface area contributed by atoms with Gasteiger partial charge in [0.05, 0.1) is 5.97 Å². The minimum Gasteiger partial charge on any atom is -0.550 e. The molecule has 13 heteroatoms. The number of hydrogen-bond donors (Lipinski definition) is 1. The maximum Gasteiger partial charge on any atom is 2.00 e. The van der Waals surface area contributed by atoms with Gasteiger partial charge in [0.25, 0.3) is 0 Å². The van der Waals surface area contributed by atoms with Gasteiger partial charge in [0.2, 0.25) is 0 Å². The molecule has 0 atom stereocenters. The first-order valence-corrected chi connectivity index (χ1v) is 3.11. The Kier molecular flexibility index (Phi) is 38.3. The Labute approximate surface area is 122 Å². The molecular weight excluding hydrogens is 288 g/mol. The summed E-state index contributed by atoms with van der Waals surface area (Å²) in [5.74, 6) is -5.98. The molecule has 11 N–H and O–H groups in total. The Morgan fingerprint density at radius 3 is 1.11 bits per heavy atom. The molecule has 0 radical (unpaired) electrons. The van der Waals surface area contributed by atoms with Gasteiger partial charge < -0.3 is 62.2 Å². The van der Waals surface area contributed by atoms with Gasteiger partial charge in [-0.2, -0.15) is 0 Å². The van der Waals surface area contributed by atoms with E-state index in [9.17, 15) is 29.7 Å². The molecule has 0 aliphatic rings. The molecular formula is C6H15MgO12-. The van der Waals surface area contributed by atoms with Crippen LogP contribution in [0.3, 0.4) is 0 Å². The van der Waals surface area contributed by atoms with Gasteiger partial charge in [-0.15, -0.1) is 0 Å². The molecule has 0 aliphatic carbocycles. The van der Waals surface area contributed by atoms with E-state index in [0.29, 0.717) is 0 Å². The van der Waals surface area contributed by atoms with Crippen molar-refractivity contribution in [3.63, 3.8) is 0 Å². The number of carboxylic acid groups (broad SMARTS) is 3. The van der Waals surface area contributed by atoms with Crippen LogP contribution in [0, 0.1) is 0 Å². The molecule has 0 aromatic carbocycles. The zero-order valence-corrected chi connectivity index (χ0v) is 10.9. The summed E-state index contributed by atoms with van der Waals surface area (Å²) in [4.78, 5) is 30.0. The Balaban J connectivity index is -0.0000000480. The van der Waals surface area contributed by atoms with Crippen LogP contribution in [-0.2, 0) is 14.4 Å². The van der Waals surface area contributed by atoms with Crippen LogP contribution >= 0.6 is 0 Å². The van der Waals surface area contributed by atoms with Crippen molar-refractivity contribution in [2.45, 2.75) is 18.4 Å². The fraction of sp³-hybridized carbons (Fsp3) is 0.500. The van der Waals surface area contributed by atoms with Gasteiger partial charge in [-0.1, -0.05) is 0 Å². The molecule has 19 heavy (non-hydrogen) atoms. The number of hydrogen-bond acceptors (Lipinski definition) is 7. The Morgan fingerprint density at radius 1 is 0.789 bits per heavy atom. The zero-order valence-electron chi connectivity index (χ0n) is 9.52. The Hall–Kier alpha value is -1.06. The summed E-state index contributed by atoms with van der Waals surface area (Å²) in [5, 5.41) is 38.9. The summed E-state index contributed by atoms with van der Waals surface area (Å²) in [6, 6.07) is 0. The Morgan fingerprint density at radius 2 is 1.00 bits per heavy atom. The van der Waals surface area contributed by atoms with Crippen LogP contribution in [0.25, 0.3) is 0 Å². The summed E-state index contributed by atoms with van der Waals surface area (Å²) < 4.78 is 0. The third kappa shape index (κ3) is 16.9. The van der Waals surface area contributed by atoms with E-state index in [2.05, 4.69) is 0 Å². The summed E-state index contributed by atoms with van der Waals surface area (Å²) >= 11 is 0. The predicted molar refractivity (Wildman–Crippen MR) is 53.0 cm³/mol. The van der Waals surface area contributed by atoms with Crippen molar-refractivity contribution < 1.29 is 62.2 Å². The first-order valence-electron chi connectivity index (χ1n) is 3.11. The molecule has 0 rings (SSSR count). The van der Waals surface area contributed by atoms with E-state index >= 15 is 0 Å². The van der Waals surface area contributed by atoms with Gasteiger partial charge in [-0.3, -0.25) is 0 Å². The van der Waals surface area contributed by atoms with Crippen molar-refractivity contribution in [1.29, 1.82) is 0 Å². The molecule has 0 aromatic rings. The van der Waals surface area contributed by atoms with Crippen molar-refractivity contribution in [2.24, 2.45) is 0 Å². The fourth-order valence-electron chi connectivity index (χ4n) is 0.684. The fourth-order valence-corrected chi connectivity index (χ4v) is 0.684. The second kappa shape index (κ2) is 16.9. The average molecular weight is 303 g/mol. The van der Waals surface area contributed by atoms with Gasteiger partial charge in [0, 0.05) is 24.8 Å². The van der Waals surface area contributed by atoms with E-state index < -0.39 is 36.4 Å². The van der Waals surface area contributed by atoms with E-state index in [1.807, 2.05) is 0 Å². The largest absolute Gasteiger partial charge is 2.00 e. The van der Waals surface area contributed by atoms with Crippen LogP contribution in [0.4, 0.5) is 0 Å². The number of carboxylic acids is 3. The maximum atomic E-state index is 10.1. The predicted octanol–water partition coefficient (Wildman–Crippen LogP) is -9.76. The average Bonchev–Trinajstić information content (AvgIpc) is 1.82. The molecule has 0 heterocycles. The minimum atomic E-state index is -2.97. The van der Waals surface area contributed by atoms with E-state index in [1.165, 1.54) is 0 Å². The molecule has 0 aromatic heterocycles. The molecule has 0 aliphatic heterocycles. The molecule has 0 bridgehead atoms. The van der Waals surface area contributed by atoms with E-state index in [1.54, 1.807) is 0 Å². The number of carbonyl (C=O) groups is 3. The van der Waals surface area contributed by atoms with Crippen LogP contribution in [0.1, 0.15) is 12.8 Å². The molecule has 0 amide bonds. The third-order valence-corrected chi connectivity index (χ3v) is 1.25. The van der Waals surface area contributed by atoms with Gasteiger partial charge in [-0.25, -0.2) is 0 Å². The minimum absolute atomic E-state index is 0. The number of carbonyl (C=O) groups excluding carboxylic acids is 3. The van der Waals surface area contributed by atoms with Crippen LogP contribution < -0.4 is 15.3 Å². The van der Waals surface area contributed by atoms with Gasteiger partial charge in [-0.05, 0) is 0 Å². The van der Waals surface area contributed by atoms with Crippen LogP contribution in [0.5, 0.6) is 0 Å². The normalized spacial score (nSPS) is 7.42. The van der Waals surface area contributed by atoms with Crippen molar-refractivity contribution in [3.05, 3.63) is 0 Å². The third-order valence-electron chi connectivity index (χ3n) is 1.25. The molecule has 0 saturated carbocycles. The van der Waals surface area contributed by atoms with E-state index in [-0.39, 0.29) is 50.4 Å². The summed E-state index contributed by atoms with van der Waals surface area (Å²) in [5.41, 5.74) is -2.97. The summed E-state index contributed by atoms with van der Waals surface area (Å²) in [6.45, 7) is 0. The maximum absolute atomic E-state index is 10.1. The van der Waals surface area contributed by atoms with Crippen LogP contribution in [0.2, 0.25) is 0 Å². The molecule has 12 nitrogen and oxygen atoms in total.